The molecular formula is C15H21Cl. The summed E-state index contributed by atoms with van der Waals surface area (Å²) in [5.74, 6) is 2.92. The van der Waals surface area contributed by atoms with Crippen LogP contribution in [0.3, 0.4) is 0 Å². The predicted octanol–water partition coefficient (Wildman–Crippen LogP) is 4.92. The van der Waals surface area contributed by atoms with Crippen molar-refractivity contribution in [3.63, 3.8) is 0 Å². The van der Waals surface area contributed by atoms with Gasteiger partial charge in [0.2, 0.25) is 0 Å². The molecule has 2 aliphatic carbocycles. The molecule has 0 amide bonds. The van der Waals surface area contributed by atoms with Crippen molar-refractivity contribution in [3.05, 3.63) is 35.4 Å². The van der Waals surface area contributed by atoms with Gasteiger partial charge >= 0.3 is 0 Å². The third-order valence-electron chi connectivity index (χ3n) is 4.15. The van der Waals surface area contributed by atoms with Gasteiger partial charge in [-0.1, -0.05) is 49.8 Å². The van der Waals surface area contributed by atoms with E-state index in [1.54, 1.807) is 0 Å². The van der Waals surface area contributed by atoms with E-state index in [-0.39, 0.29) is 0 Å². The number of allylic oxidation sites excluding steroid dienone is 5. The van der Waals surface area contributed by atoms with Crippen LogP contribution in [0.2, 0.25) is 0 Å². The zero-order chi connectivity index (χ0) is 11.7. The van der Waals surface area contributed by atoms with E-state index in [0.29, 0.717) is 5.92 Å². The van der Waals surface area contributed by atoms with Crippen LogP contribution in [0, 0.1) is 23.7 Å². The maximum Gasteiger partial charge on any atom is 0.0183 e. The Hall–Kier alpha value is -0.490. The lowest BCUT2D eigenvalue weighted by Gasteiger charge is -2.28. The van der Waals surface area contributed by atoms with Gasteiger partial charge in [-0.3, -0.25) is 0 Å². The van der Waals surface area contributed by atoms with Gasteiger partial charge in [0.05, 0.1) is 0 Å². The van der Waals surface area contributed by atoms with Crippen LogP contribution in [0.25, 0.3) is 0 Å². The molecule has 2 bridgehead atoms. The van der Waals surface area contributed by atoms with E-state index in [9.17, 15) is 0 Å². The molecule has 16 heavy (non-hydrogen) atoms. The van der Waals surface area contributed by atoms with Gasteiger partial charge in [0.15, 0.2) is 0 Å². The normalized spacial score (nSPS) is 39.9. The van der Waals surface area contributed by atoms with Crippen molar-refractivity contribution in [1.29, 1.82) is 0 Å². The van der Waals surface area contributed by atoms with Crippen LogP contribution in [-0.2, 0) is 0 Å². The zero-order valence-electron chi connectivity index (χ0n) is 10.2. The summed E-state index contributed by atoms with van der Waals surface area (Å²) in [6.07, 6.45) is 9.90. The van der Waals surface area contributed by atoms with E-state index in [0.717, 1.165) is 29.2 Å². The quantitative estimate of drug-likeness (QED) is 0.606. The van der Waals surface area contributed by atoms with Crippen LogP contribution in [0.1, 0.15) is 33.1 Å². The largest absolute Gasteiger partial charge is 0.0955 e. The smallest absolute Gasteiger partial charge is 0.0183 e. The van der Waals surface area contributed by atoms with E-state index >= 15 is 0 Å². The molecule has 88 valence electrons. The Bertz CT molecular complexity index is 335. The topological polar surface area (TPSA) is 0 Å². The number of fused-ring (bicyclic) bond motifs is 2. The Balaban J connectivity index is 2.31. The highest BCUT2D eigenvalue weighted by Crippen LogP contribution is 2.48. The summed E-state index contributed by atoms with van der Waals surface area (Å²) in [6, 6.07) is 0. The maximum atomic E-state index is 6.26. The first-order valence-corrected chi connectivity index (χ1v) is 6.69. The molecule has 1 saturated carbocycles. The van der Waals surface area contributed by atoms with Crippen LogP contribution in [0.4, 0.5) is 0 Å². The predicted molar refractivity (Wildman–Crippen MR) is 71.4 cm³/mol. The summed E-state index contributed by atoms with van der Waals surface area (Å²) in [6.45, 7) is 8.91. The van der Waals surface area contributed by atoms with E-state index in [1.165, 1.54) is 18.4 Å². The monoisotopic (exact) mass is 236 g/mol. The fourth-order valence-corrected chi connectivity index (χ4v) is 3.78. The zero-order valence-corrected chi connectivity index (χ0v) is 11.0. The molecule has 0 nitrogen and oxygen atoms in total. The van der Waals surface area contributed by atoms with Crippen molar-refractivity contribution in [2.75, 3.05) is 0 Å². The van der Waals surface area contributed by atoms with Crippen LogP contribution in [-0.4, -0.2) is 0 Å². The second kappa shape index (κ2) is 4.79. The fourth-order valence-electron chi connectivity index (χ4n) is 3.50. The average Bonchev–Trinajstić information content (AvgIpc) is 2.61. The molecule has 0 heterocycles. The van der Waals surface area contributed by atoms with Crippen LogP contribution >= 0.6 is 11.6 Å². The summed E-state index contributed by atoms with van der Waals surface area (Å²) in [7, 11) is 0. The van der Waals surface area contributed by atoms with E-state index in [1.807, 2.05) is 6.08 Å². The van der Waals surface area contributed by atoms with Crippen molar-refractivity contribution in [2.24, 2.45) is 23.7 Å². The minimum atomic E-state index is 0.678. The highest BCUT2D eigenvalue weighted by atomic mass is 35.5. The molecule has 0 aromatic rings. The lowest BCUT2D eigenvalue weighted by atomic mass is 9.77. The SMILES string of the molecule is C=C1/C=C\C=C(\Cl)CC2CCC1C2C(C)C. The van der Waals surface area contributed by atoms with Crippen LogP contribution in [0.5, 0.6) is 0 Å². The molecule has 1 fully saturated rings. The Morgan fingerprint density at radius 2 is 2.12 bits per heavy atom. The first kappa shape index (κ1) is 12.0. The molecule has 0 saturated heterocycles. The first-order chi connectivity index (χ1) is 7.59. The molecule has 1 heteroatoms. The number of hydrogen-bond donors (Lipinski definition) is 0. The van der Waals surface area contributed by atoms with Gasteiger partial charge in [-0.15, -0.1) is 0 Å². The number of rotatable bonds is 1. The molecule has 0 aromatic carbocycles. The molecule has 0 N–H and O–H groups in total. The summed E-state index contributed by atoms with van der Waals surface area (Å²) in [4.78, 5) is 0. The van der Waals surface area contributed by atoms with Gasteiger partial charge in [-0.05, 0) is 49.0 Å². The minimum absolute atomic E-state index is 0.678. The maximum absolute atomic E-state index is 6.26. The fraction of sp³-hybridized carbons (Fsp3) is 0.600. The minimum Gasteiger partial charge on any atom is -0.0955 e. The molecule has 2 aliphatic rings. The first-order valence-electron chi connectivity index (χ1n) is 6.31. The lowest BCUT2D eigenvalue weighted by Crippen LogP contribution is -2.21. The summed E-state index contributed by atoms with van der Waals surface area (Å²) in [5.41, 5.74) is 1.30. The van der Waals surface area contributed by atoms with Crippen molar-refractivity contribution < 1.29 is 0 Å². The molecule has 0 aromatic heterocycles. The Morgan fingerprint density at radius 3 is 2.81 bits per heavy atom. The Morgan fingerprint density at radius 1 is 1.38 bits per heavy atom. The van der Waals surface area contributed by atoms with E-state index in [2.05, 4.69) is 32.6 Å². The highest BCUT2D eigenvalue weighted by molar-refractivity contribution is 6.29. The Kier molecular flexibility index (Phi) is 3.59. The summed E-state index contributed by atoms with van der Waals surface area (Å²) in [5, 5.41) is 1.00. The summed E-state index contributed by atoms with van der Waals surface area (Å²) >= 11 is 6.26. The second-order valence-electron chi connectivity index (χ2n) is 5.52. The van der Waals surface area contributed by atoms with Gasteiger partial charge in [-0.2, -0.15) is 0 Å². The molecule has 0 aliphatic heterocycles. The lowest BCUT2D eigenvalue weighted by molar-refractivity contribution is 0.255. The molecule has 0 spiro atoms. The van der Waals surface area contributed by atoms with Crippen molar-refractivity contribution in [2.45, 2.75) is 33.1 Å². The van der Waals surface area contributed by atoms with Crippen LogP contribution in [0.15, 0.2) is 35.4 Å². The molecule has 2 rings (SSSR count). The van der Waals surface area contributed by atoms with Gasteiger partial charge in [-0.25, -0.2) is 0 Å². The molecule has 3 atom stereocenters. The number of halogens is 1. The standard InChI is InChI=1S/C15H21Cl/c1-10(2)15-12-7-8-14(15)11(3)5-4-6-13(16)9-12/h4-6,10,12,14-15H,3,7-9H2,1-2H3/b5-4-,13-6+. The van der Waals surface area contributed by atoms with Gasteiger partial charge in [0.1, 0.15) is 0 Å². The van der Waals surface area contributed by atoms with E-state index in [4.69, 9.17) is 11.6 Å². The molecule has 0 radical (unpaired) electrons. The van der Waals surface area contributed by atoms with Crippen LogP contribution < -0.4 is 0 Å². The van der Waals surface area contributed by atoms with Crippen molar-refractivity contribution >= 4 is 11.6 Å². The van der Waals surface area contributed by atoms with E-state index < -0.39 is 0 Å². The molecular weight excluding hydrogens is 216 g/mol. The second-order valence-corrected chi connectivity index (χ2v) is 6.00. The van der Waals surface area contributed by atoms with Crippen molar-refractivity contribution in [3.8, 4) is 0 Å². The van der Waals surface area contributed by atoms with Crippen molar-refractivity contribution in [1.82, 2.24) is 0 Å². The van der Waals surface area contributed by atoms with Gasteiger partial charge < -0.3 is 0 Å². The van der Waals surface area contributed by atoms with Gasteiger partial charge in [0, 0.05) is 5.03 Å². The average molecular weight is 237 g/mol. The third kappa shape index (κ3) is 2.27. The molecule has 3 unspecified atom stereocenters. The third-order valence-corrected chi connectivity index (χ3v) is 4.43. The summed E-state index contributed by atoms with van der Waals surface area (Å²) < 4.78 is 0. The van der Waals surface area contributed by atoms with Gasteiger partial charge in [0.25, 0.3) is 0 Å². The number of hydrogen-bond acceptors (Lipinski definition) is 0. The highest BCUT2D eigenvalue weighted by Gasteiger charge is 2.38. The Labute approximate surface area is 104 Å².